The lowest BCUT2D eigenvalue weighted by atomic mass is 10.2. The topological polar surface area (TPSA) is 63.1 Å². The molecule has 1 amide bonds. The first-order valence-corrected chi connectivity index (χ1v) is 7.59. The molecule has 1 atom stereocenters. The van der Waals surface area contributed by atoms with E-state index in [0.29, 0.717) is 12.2 Å². The van der Waals surface area contributed by atoms with Gasteiger partial charge in [-0.2, -0.15) is 0 Å². The highest BCUT2D eigenvalue weighted by Gasteiger charge is 2.28. The zero-order valence-corrected chi connectivity index (χ0v) is 13.2. The Kier molecular flexibility index (Phi) is 3.94. The Morgan fingerprint density at radius 2 is 2.00 bits per heavy atom. The van der Waals surface area contributed by atoms with Crippen molar-refractivity contribution in [3.8, 4) is 5.69 Å². The molecule has 0 radical (unpaired) electrons. The molecule has 0 bridgehead atoms. The third-order valence-corrected chi connectivity index (χ3v) is 4.14. The van der Waals surface area contributed by atoms with Gasteiger partial charge in [0.2, 0.25) is 0 Å². The molecule has 6 nitrogen and oxygen atoms in total. The monoisotopic (exact) mass is 299 g/mol. The number of carbonyl (C=O) groups excluding carboxylic acids is 1. The lowest BCUT2D eigenvalue weighted by molar-refractivity contribution is 0.0649. The van der Waals surface area contributed by atoms with Crippen molar-refractivity contribution in [3.63, 3.8) is 0 Å². The van der Waals surface area contributed by atoms with E-state index in [9.17, 15) is 4.79 Å². The molecular formula is C16H21N5O. The van der Waals surface area contributed by atoms with Crippen molar-refractivity contribution in [1.82, 2.24) is 25.2 Å². The smallest absolute Gasteiger partial charge is 0.276 e. The van der Waals surface area contributed by atoms with E-state index in [-0.39, 0.29) is 11.9 Å². The minimum Gasteiger partial charge on any atom is -0.332 e. The molecule has 116 valence electrons. The Hall–Kier alpha value is -2.21. The molecule has 6 heteroatoms. The zero-order chi connectivity index (χ0) is 15.7. The third-order valence-electron chi connectivity index (χ3n) is 4.14. The van der Waals surface area contributed by atoms with E-state index >= 15 is 0 Å². The van der Waals surface area contributed by atoms with Gasteiger partial charge in [0.05, 0.1) is 11.4 Å². The molecule has 1 saturated heterocycles. The van der Waals surface area contributed by atoms with Gasteiger partial charge >= 0.3 is 0 Å². The van der Waals surface area contributed by atoms with Gasteiger partial charge in [0.15, 0.2) is 5.69 Å². The number of aryl methyl sites for hydroxylation is 1. The number of piperazine rings is 1. The summed E-state index contributed by atoms with van der Waals surface area (Å²) in [7, 11) is 0. The van der Waals surface area contributed by atoms with Crippen LogP contribution in [-0.4, -0.2) is 51.5 Å². The summed E-state index contributed by atoms with van der Waals surface area (Å²) in [6, 6.07) is 8.19. The van der Waals surface area contributed by atoms with Gasteiger partial charge in [-0.25, -0.2) is 4.68 Å². The molecule has 1 aromatic carbocycles. The molecular weight excluding hydrogens is 278 g/mol. The van der Waals surface area contributed by atoms with Gasteiger partial charge in [-0.15, -0.1) is 5.10 Å². The Bertz CT molecular complexity index is 676. The number of nitrogens with zero attached hydrogens (tertiary/aromatic N) is 4. The number of nitrogens with one attached hydrogen (secondary N) is 1. The average molecular weight is 299 g/mol. The summed E-state index contributed by atoms with van der Waals surface area (Å²) >= 11 is 0. The third kappa shape index (κ3) is 2.62. The molecule has 0 spiro atoms. The quantitative estimate of drug-likeness (QED) is 0.908. The second kappa shape index (κ2) is 5.88. The van der Waals surface area contributed by atoms with Gasteiger partial charge in [0.1, 0.15) is 0 Å². The van der Waals surface area contributed by atoms with Crippen LogP contribution in [0.1, 0.15) is 28.7 Å². The maximum absolute atomic E-state index is 12.7. The first-order chi connectivity index (χ1) is 10.6. The minimum atomic E-state index is -0.0372. The van der Waals surface area contributed by atoms with Crippen LogP contribution in [0.25, 0.3) is 5.69 Å². The minimum absolute atomic E-state index is 0.0372. The van der Waals surface area contributed by atoms with Gasteiger partial charge in [-0.1, -0.05) is 22.9 Å². The molecule has 1 aliphatic heterocycles. The fourth-order valence-corrected chi connectivity index (χ4v) is 2.74. The number of benzene rings is 1. The molecule has 2 heterocycles. The summed E-state index contributed by atoms with van der Waals surface area (Å²) in [6.45, 7) is 8.32. The normalized spacial score (nSPS) is 18.5. The molecule has 22 heavy (non-hydrogen) atoms. The molecule has 0 unspecified atom stereocenters. The highest BCUT2D eigenvalue weighted by Crippen LogP contribution is 2.16. The lowest BCUT2D eigenvalue weighted by Crippen LogP contribution is -2.52. The van der Waals surface area contributed by atoms with Crippen molar-refractivity contribution in [1.29, 1.82) is 0 Å². The van der Waals surface area contributed by atoms with Crippen LogP contribution in [0.5, 0.6) is 0 Å². The van der Waals surface area contributed by atoms with Crippen LogP contribution < -0.4 is 5.32 Å². The van der Waals surface area contributed by atoms with Crippen LogP contribution in [0.2, 0.25) is 0 Å². The fourth-order valence-electron chi connectivity index (χ4n) is 2.74. The molecule has 1 N–H and O–H groups in total. The number of aromatic nitrogens is 3. The van der Waals surface area contributed by atoms with E-state index in [2.05, 4.69) is 15.6 Å². The van der Waals surface area contributed by atoms with Gasteiger partial charge < -0.3 is 10.2 Å². The fraction of sp³-hybridized carbons (Fsp3) is 0.438. The standard InChI is InChI=1S/C16H21N5O/c1-11-4-6-14(7-5-11)21-13(3)15(18-19-21)16(22)20-9-8-17-10-12(20)2/h4-7,12,17H,8-10H2,1-3H3/t12-/m1/s1. The summed E-state index contributed by atoms with van der Waals surface area (Å²) in [5.74, 6) is -0.0372. The molecule has 1 aliphatic rings. The van der Waals surface area contributed by atoms with Crippen LogP contribution in [-0.2, 0) is 0 Å². The van der Waals surface area contributed by atoms with Gasteiger partial charge in [-0.05, 0) is 32.9 Å². The maximum Gasteiger partial charge on any atom is 0.276 e. The number of carbonyl (C=O) groups is 1. The summed E-state index contributed by atoms with van der Waals surface area (Å²) in [6.07, 6.45) is 0. The molecule has 3 rings (SSSR count). The largest absolute Gasteiger partial charge is 0.332 e. The first kappa shape index (κ1) is 14.7. The number of rotatable bonds is 2. The summed E-state index contributed by atoms with van der Waals surface area (Å²) in [5.41, 5.74) is 3.32. The summed E-state index contributed by atoms with van der Waals surface area (Å²) < 4.78 is 1.72. The van der Waals surface area contributed by atoms with Gasteiger partial charge in [0, 0.05) is 25.7 Å². The van der Waals surface area contributed by atoms with Crippen molar-refractivity contribution in [2.24, 2.45) is 0 Å². The molecule has 0 aliphatic carbocycles. The van der Waals surface area contributed by atoms with Crippen molar-refractivity contribution >= 4 is 5.91 Å². The van der Waals surface area contributed by atoms with Crippen molar-refractivity contribution in [2.75, 3.05) is 19.6 Å². The second-order valence-electron chi connectivity index (χ2n) is 5.82. The first-order valence-electron chi connectivity index (χ1n) is 7.59. The predicted molar refractivity (Wildman–Crippen MR) is 84.2 cm³/mol. The summed E-state index contributed by atoms with van der Waals surface area (Å²) in [5, 5.41) is 11.6. The number of hydrogen-bond donors (Lipinski definition) is 1. The van der Waals surface area contributed by atoms with E-state index in [1.54, 1.807) is 4.68 Å². The molecule has 1 fully saturated rings. The van der Waals surface area contributed by atoms with Crippen LogP contribution in [0.4, 0.5) is 0 Å². The Balaban J connectivity index is 1.89. The Morgan fingerprint density at radius 1 is 1.27 bits per heavy atom. The second-order valence-corrected chi connectivity index (χ2v) is 5.82. The summed E-state index contributed by atoms with van der Waals surface area (Å²) in [4.78, 5) is 14.6. The predicted octanol–water partition coefficient (Wildman–Crippen LogP) is 1.32. The van der Waals surface area contributed by atoms with E-state index < -0.39 is 0 Å². The van der Waals surface area contributed by atoms with E-state index in [1.807, 2.05) is 49.9 Å². The van der Waals surface area contributed by atoms with Crippen molar-refractivity contribution < 1.29 is 4.79 Å². The highest BCUT2D eigenvalue weighted by atomic mass is 16.2. The number of amides is 1. The van der Waals surface area contributed by atoms with E-state index in [4.69, 9.17) is 0 Å². The Labute approximate surface area is 130 Å². The molecule has 0 saturated carbocycles. The van der Waals surface area contributed by atoms with Crippen molar-refractivity contribution in [3.05, 3.63) is 41.2 Å². The maximum atomic E-state index is 12.7. The molecule has 2 aromatic rings. The van der Waals surface area contributed by atoms with Crippen LogP contribution in [0, 0.1) is 13.8 Å². The highest BCUT2D eigenvalue weighted by molar-refractivity contribution is 5.93. The van der Waals surface area contributed by atoms with E-state index in [0.717, 1.165) is 24.5 Å². The number of hydrogen-bond acceptors (Lipinski definition) is 4. The lowest BCUT2D eigenvalue weighted by Gasteiger charge is -2.33. The average Bonchev–Trinajstić information content (AvgIpc) is 2.90. The van der Waals surface area contributed by atoms with Crippen LogP contribution in [0.3, 0.4) is 0 Å². The SMILES string of the molecule is Cc1ccc(-n2nnc(C(=O)N3CCNC[C@H]3C)c2C)cc1. The van der Waals surface area contributed by atoms with Gasteiger partial charge in [-0.3, -0.25) is 4.79 Å². The van der Waals surface area contributed by atoms with Crippen LogP contribution in [0.15, 0.2) is 24.3 Å². The zero-order valence-electron chi connectivity index (χ0n) is 13.2. The Morgan fingerprint density at radius 3 is 2.68 bits per heavy atom. The van der Waals surface area contributed by atoms with Gasteiger partial charge in [0.25, 0.3) is 5.91 Å². The molecule has 1 aromatic heterocycles. The van der Waals surface area contributed by atoms with E-state index in [1.165, 1.54) is 5.56 Å². The van der Waals surface area contributed by atoms with Crippen molar-refractivity contribution in [2.45, 2.75) is 26.8 Å². The van der Waals surface area contributed by atoms with Crippen LogP contribution >= 0.6 is 0 Å².